The molecule has 0 aliphatic rings. The smallest absolute Gasteiger partial charge is 1.00 e. The minimum absolute atomic E-state index is 0. The van der Waals surface area contributed by atoms with Gasteiger partial charge in [-0.25, -0.2) is 0 Å². The first kappa shape index (κ1) is 45.7. The molecule has 6 aromatic carbocycles. The SMILES string of the molecule is CCn1[c-][n+](CC)c(C)c1C.[C-]#[O+].[C-]#[O+].[H-].[Ru+].c1ccc(P(c2ccccc2)c2ccccc2)cc1.c1ccc(P(c2ccccc2)c2ccccc2)cc1. The van der Waals surface area contributed by atoms with E-state index in [2.05, 4.69) is 238 Å². The Morgan fingerprint density at radius 1 is 0.481 bits per heavy atom. The van der Waals surface area contributed by atoms with Crippen molar-refractivity contribution >= 4 is 47.7 Å². The van der Waals surface area contributed by atoms with E-state index in [4.69, 9.17) is 9.30 Å². The van der Waals surface area contributed by atoms with Crippen molar-refractivity contribution < 1.29 is 34.8 Å². The van der Waals surface area contributed by atoms with Gasteiger partial charge >= 0.3 is 42.1 Å². The number of hydrogen-bond acceptors (Lipinski definition) is 0. The van der Waals surface area contributed by atoms with Crippen LogP contribution in [0.25, 0.3) is 0 Å². The molecule has 0 atom stereocenters. The van der Waals surface area contributed by atoms with Gasteiger partial charge in [-0.2, -0.15) is 0 Å². The van der Waals surface area contributed by atoms with Gasteiger partial charge in [-0.15, -0.1) is 0 Å². The van der Waals surface area contributed by atoms with Crippen molar-refractivity contribution in [2.75, 3.05) is 0 Å². The molecule has 0 unspecified atom stereocenters. The summed E-state index contributed by atoms with van der Waals surface area (Å²) in [6.45, 7) is 19.6. The summed E-state index contributed by atoms with van der Waals surface area (Å²) in [5, 5.41) is 8.39. The third kappa shape index (κ3) is 13.4. The average Bonchev–Trinajstić information content (AvgIpc) is 3.54. The number of nitrogens with zero attached hydrogens (tertiary/aromatic N) is 2. The van der Waals surface area contributed by atoms with Gasteiger partial charge in [0.2, 0.25) is 6.33 Å². The molecule has 0 amide bonds. The van der Waals surface area contributed by atoms with E-state index < -0.39 is 15.8 Å². The number of hydrogen-bond donors (Lipinski definition) is 0. The van der Waals surface area contributed by atoms with Crippen LogP contribution in [0.2, 0.25) is 0 Å². The Morgan fingerprint density at radius 3 is 0.852 bits per heavy atom. The molecule has 1 aromatic heterocycles. The van der Waals surface area contributed by atoms with E-state index in [-0.39, 0.29) is 20.9 Å². The Morgan fingerprint density at radius 2 is 0.704 bits per heavy atom. The fourth-order valence-electron chi connectivity index (χ4n) is 5.66. The van der Waals surface area contributed by atoms with Gasteiger partial charge in [-0.1, -0.05) is 196 Å². The molecule has 275 valence electrons. The van der Waals surface area contributed by atoms with Crippen molar-refractivity contribution in [3.05, 3.63) is 213 Å². The fourth-order valence-corrected chi connectivity index (χ4v) is 10.3. The van der Waals surface area contributed by atoms with E-state index in [1.807, 2.05) is 0 Å². The van der Waals surface area contributed by atoms with Gasteiger partial charge in [0.15, 0.2) is 0 Å². The summed E-state index contributed by atoms with van der Waals surface area (Å²) < 4.78 is 19.3. The summed E-state index contributed by atoms with van der Waals surface area (Å²) in [7, 11) is -0.892. The van der Waals surface area contributed by atoms with Crippen molar-refractivity contribution in [3.8, 4) is 0 Å². The van der Waals surface area contributed by atoms with Gasteiger partial charge in [-0.3, -0.25) is 0 Å². The van der Waals surface area contributed by atoms with Crippen molar-refractivity contribution in [3.63, 3.8) is 0 Å². The molecule has 7 aromatic rings. The van der Waals surface area contributed by atoms with E-state index in [9.17, 15) is 0 Å². The van der Waals surface area contributed by atoms with Gasteiger partial charge in [0.05, 0.1) is 13.1 Å². The van der Waals surface area contributed by atoms with Crippen LogP contribution in [0.3, 0.4) is 0 Å². The molecule has 1 heterocycles. The number of benzene rings is 6. The Hall–Kier alpha value is -4.51. The zero-order valence-electron chi connectivity index (χ0n) is 32.2. The Balaban J connectivity index is 0.000000400. The fraction of sp³-hybridized carbons (Fsp3) is 0.128. The van der Waals surface area contributed by atoms with E-state index in [1.54, 1.807) is 0 Å². The zero-order chi connectivity index (χ0) is 38.3. The molecular formula is C47H47N2O2P2Ru. The molecule has 0 fully saturated rings. The van der Waals surface area contributed by atoms with Gasteiger partial charge in [0.25, 0.3) is 0 Å². The number of rotatable bonds is 8. The molecule has 0 spiro atoms. The van der Waals surface area contributed by atoms with Crippen molar-refractivity contribution in [1.82, 2.24) is 4.57 Å². The first-order valence-corrected chi connectivity index (χ1v) is 20.1. The first-order chi connectivity index (χ1) is 26.1. The van der Waals surface area contributed by atoms with Crippen LogP contribution in [0, 0.1) is 33.5 Å². The molecule has 0 aliphatic heterocycles. The van der Waals surface area contributed by atoms with Crippen LogP contribution < -0.4 is 36.4 Å². The van der Waals surface area contributed by atoms with E-state index in [1.165, 1.54) is 43.2 Å². The summed E-state index contributed by atoms with van der Waals surface area (Å²) in [5.41, 5.74) is 2.66. The molecule has 0 saturated carbocycles. The molecule has 0 saturated heterocycles. The largest absolute Gasteiger partial charge is 1.00 e. The number of aromatic nitrogens is 2. The van der Waals surface area contributed by atoms with Gasteiger partial charge in [0.1, 0.15) is 0 Å². The molecule has 0 aliphatic carbocycles. The maximum absolute atomic E-state index is 7.50. The monoisotopic (exact) mass is 835 g/mol. The zero-order valence-corrected chi connectivity index (χ0v) is 34.7. The molecule has 0 N–H and O–H groups in total. The van der Waals surface area contributed by atoms with Crippen LogP contribution in [0.5, 0.6) is 0 Å². The van der Waals surface area contributed by atoms with Gasteiger partial charge in [0, 0.05) is 0 Å². The molecule has 0 bridgehead atoms. The van der Waals surface area contributed by atoms with Gasteiger partial charge < -0.3 is 10.6 Å². The maximum atomic E-state index is 7.50. The van der Waals surface area contributed by atoms with Crippen LogP contribution in [0.1, 0.15) is 26.7 Å². The van der Waals surface area contributed by atoms with Crippen LogP contribution in [-0.2, 0) is 41.9 Å². The van der Waals surface area contributed by atoms with Crippen LogP contribution in [0.4, 0.5) is 0 Å². The minimum Gasteiger partial charge on any atom is -1.00 e. The molecule has 4 nitrogen and oxygen atoms in total. The second-order valence-corrected chi connectivity index (χ2v) is 15.9. The molecular weight excluding hydrogens is 788 g/mol. The number of aryl methyl sites for hydroxylation is 2. The van der Waals surface area contributed by atoms with Crippen molar-refractivity contribution in [2.45, 2.75) is 40.8 Å². The summed E-state index contributed by atoms with van der Waals surface area (Å²) in [5.74, 6) is 0. The first-order valence-electron chi connectivity index (χ1n) is 17.4. The predicted octanol–water partition coefficient (Wildman–Crippen LogP) is 8.16. The molecule has 7 rings (SSSR count). The quantitative estimate of drug-likeness (QED) is 0.0489. The van der Waals surface area contributed by atoms with Crippen LogP contribution in [-0.4, -0.2) is 4.57 Å². The summed E-state index contributed by atoms with van der Waals surface area (Å²) in [6, 6.07) is 64.7. The van der Waals surface area contributed by atoms with Crippen molar-refractivity contribution in [1.29, 1.82) is 0 Å². The number of imidazole rings is 1. The summed E-state index contributed by atoms with van der Waals surface area (Å²) >= 11 is 0. The minimum atomic E-state index is -0.446. The third-order valence-corrected chi connectivity index (χ3v) is 13.2. The summed E-state index contributed by atoms with van der Waals surface area (Å²) in [4.78, 5) is 0. The topological polar surface area (TPSA) is 48.6 Å². The molecule has 54 heavy (non-hydrogen) atoms. The van der Waals surface area contributed by atoms with Crippen LogP contribution in [0.15, 0.2) is 182 Å². The summed E-state index contributed by atoms with van der Waals surface area (Å²) in [6.07, 6.45) is 3.28. The molecule has 7 heteroatoms. The van der Waals surface area contributed by atoms with Crippen LogP contribution >= 0.6 is 15.8 Å². The second kappa shape index (κ2) is 26.3. The normalized spacial score (nSPS) is 9.67. The van der Waals surface area contributed by atoms with E-state index in [0.29, 0.717) is 0 Å². The Bertz CT molecular complexity index is 1710. The van der Waals surface area contributed by atoms with Crippen molar-refractivity contribution in [2.24, 2.45) is 0 Å². The second-order valence-electron chi connectivity index (χ2n) is 11.4. The Labute approximate surface area is 339 Å². The molecule has 1 radical (unpaired) electrons. The van der Waals surface area contributed by atoms with E-state index in [0.717, 1.165) is 13.1 Å². The third-order valence-electron chi connectivity index (χ3n) is 8.29. The Kier molecular flexibility index (Phi) is 22.2. The predicted molar refractivity (Wildman–Crippen MR) is 224 cm³/mol. The standard InChI is InChI=1S/2C18H15P.C9H16N2.2CO.Ru.H/c2*1-4-10-16(11-5-1)19(17-12-6-2-7-13-17)18-14-8-3-9-15-18;1-5-10-7-11(6-2)9(4)8(10)3;2*1-2;;/h2*1-15H;5-6H2,1-4H3;;;;/q;;;;;+1;-1. The van der Waals surface area contributed by atoms with E-state index >= 15 is 0 Å². The maximum Gasteiger partial charge on any atom is 1.00 e. The average molecular weight is 835 g/mol. The van der Waals surface area contributed by atoms with Gasteiger partial charge in [-0.05, 0) is 72.9 Å².